The molecule has 1 atom stereocenters. The molecule has 8 heteroatoms. The van der Waals surface area contributed by atoms with Crippen molar-refractivity contribution in [3.63, 3.8) is 0 Å². The van der Waals surface area contributed by atoms with Crippen molar-refractivity contribution in [3.05, 3.63) is 130 Å². The van der Waals surface area contributed by atoms with Crippen LogP contribution in [0.4, 0.5) is 0 Å². The number of aromatic amines is 1. The van der Waals surface area contributed by atoms with Crippen molar-refractivity contribution in [2.75, 3.05) is 7.11 Å². The van der Waals surface area contributed by atoms with E-state index in [0.29, 0.717) is 52.2 Å². The molecule has 7 nitrogen and oxygen atoms in total. The third-order valence-electron chi connectivity index (χ3n) is 7.29. The fourth-order valence-corrected chi connectivity index (χ4v) is 5.38. The molecule has 0 saturated carbocycles. The minimum Gasteiger partial charge on any atom is -0.507 e. The van der Waals surface area contributed by atoms with Crippen molar-refractivity contribution in [2.45, 2.75) is 26.1 Å². The molecular weight excluding hydrogens is 538 g/mol. The van der Waals surface area contributed by atoms with Gasteiger partial charge in [-0.3, -0.25) is 9.89 Å². The van der Waals surface area contributed by atoms with E-state index in [-0.39, 0.29) is 11.7 Å². The van der Waals surface area contributed by atoms with E-state index in [0.717, 1.165) is 22.3 Å². The summed E-state index contributed by atoms with van der Waals surface area (Å²) in [4.78, 5) is 15.6. The monoisotopic (exact) mass is 565 g/mol. The van der Waals surface area contributed by atoms with E-state index in [1.165, 1.54) is 6.07 Å². The van der Waals surface area contributed by atoms with Crippen LogP contribution in [0.3, 0.4) is 0 Å². The van der Waals surface area contributed by atoms with E-state index >= 15 is 0 Å². The Hall–Kier alpha value is -4.75. The lowest BCUT2D eigenvalue weighted by Crippen LogP contribution is -2.29. The van der Waals surface area contributed by atoms with Crippen LogP contribution in [0.15, 0.2) is 91.0 Å². The van der Waals surface area contributed by atoms with Crippen LogP contribution in [0.5, 0.6) is 17.2 Å². The van der Waals surface area contributed by atoms with Crippen LogP contribution in [0.1, 0.15) is 44.3 Å². The average Bonchev–Trinajstić information content (AvgIpc) is 3.53. The lowest BCUT2D eigenvalue weighted by atomic mass is 9.95. The molecule has 1 aromatic heterocycles. The number of halogens is 1. The predicted molar refractivity (Wildman–Crippen MR) is 157 cm³/mol. The molecule has 1 unspecified atom stereocenters. The molecule has 5 aromatic rings. The number of nitrogens with one attached hydrogen (secondary N) is 1. The Labute approximate surface area is 242 Å². The molecule has 2 N–H and O–H groups in total. The Morgan fingerprint density at radius 1 is 0.951 bits per heavy atom. The summed E-state index contributed by atoms with van der Waals surface area (Å²) in [6.07, 6.45) is 0. The maximum absolute atomic E-state index is 13.8. The fraction of sp³-hybridized carbons (Fsp3) is 0.152. The van der Waals surface area contributed by atoms with Crippen LogP contribution < -0.4 is 9.47 Å². The first-order valence-corrected chi connectivity index (χ1v) is 13.6. The molecule has 0 bridgehead atoms. The number of carbonyl (C=O) groups is 1. The quantitative estimate of drug-likeness (QED) is 0.210. The number of carbonyl (C=O) groups excluding carboxylic acids is 1. The highest BCUT2D eigenvalue weighted by Gasteiger charge is 2.43. The Bertz CT molecular complexity index is 1720. The largest absolute Gasteiger partial charge is 0.507 e. The summed E-state index contributed by atoms with van der Waals surface area (Å²) < 4.78 is 11.8. The van der Waals surface area contributed by atoms with Gasteiger partial charge in [-0.2, -0.15) is 5.10 Å². The topological polar surface area (TPSA) is 87.7 Å². The van der Waals surface area contributed by atoms with Crippen molar-refractivity contribution in [3.8, 4) is 28.5 Å². The molecule has 206 valence electrons. The lowest BCUT2D eigenvalue weighted by Gasteiger charge is -2.27. The summed E-state index contributed by atoms with van der Waals surface area (Å²) in [5, 5.41) is 18.6. The van der Waals surface area contributed by atoms with Gasteiger partial charge in [0.1, 0.15) is 23.7 Å². The Kier molecular flexibility index (Phi) is 7.12. The predicted octanol–water partition coefficient (Wildman–Crippen LogP) is 7.08. The van der Waals surface area contributed by atoms with Gasteiger partial charge in [-0.15, -0.1) is 0 Å². The first-order chi connectivity index (χ1) is 19.9. The Balaban J connectivity index is 1.43. The number of aromatic hydroxyl groups is 1. The lowest BCUT2D eigenvalue weighted by molar-refractivity contribution is 0.0730. The van der Waals surface area contributed by atoms with Gasteiger partial charge < -0.3 is 19.5 Å². The molecule has 0 fully saturated rings. The number of nitrogens with zero attached hydrogens (tertiary/aromatic N) is 2. The van der Waals surface area contributed by atoms with Gasteiger partial charge in [0.15, 0.2) is 11.5 Å². The van der Waals surface area contributed by atoms with Gasteiger partial charge in [0.25, 0.3) is 5.91 Å². The van der Waals surface area contributed by atoms with Crippen molar-refractivity contribution < 1.29 is 19.4 Å². The number of benzene rings is 4. The number of aromatic nitrogens is 2. The maximum Gasteiger partial charge on any atom is 0.273 e. The Morgan fingerprint density at radius 2 is 1.73 bits per heavy atom. The van der Waals surface area contributed by atoms with Crippen molar-refractivity contribution in [1.29, 1.82) is 0 Å². The molecule has 0 aliphatic carbocycles. The highest BCUT2D eigenvalue weighted by Crippen LogP contribution is 2.47. The van der Waals surface area contributed by atoms with E-state index in [1.807, 2.05) is 79.7 Å². The summed E-state index contributed by atoms with van der Waals surface area (Å²) in [6, 6.07) is 28.0. The van der Waals surface area contributed by atoms with E-state index in [1.54, 1.807) is 24.1 Å². The zero-order valence-corrected chi connectivity index (χ0v) is 23.4. The number of methoxy groups -OCH3 is 1. The number of phenols is 1. The van der Waals surface area contributed by atoms with E-state index in [4.69, 9.17) is 21.1 Å². The van der Waals surface area contributed by atoms with Crippen molar-refractivity contribution >= 4 is 17.5 Å². The number of phenolic OH excluding ortho intramolecular Hbond substituents is 1. The fourth-order valence-electron chi connectivity index (χ4n) is 5.21. The first-order valence-electron chi connectivity index (χ1n) is 13.2. The normalized spacial score (nSPS) is 14.3. The van der Waals surface area contributed by atoms with Gasteiger partial charge in [-0.25, -0.2) is 0 Å². The van der Waals surface area contributed by atoms with Crippen molar-refractivity contribution in [2.24, 2.45) is 0 Å². The number of amides is 1. The van der Waals surface area contributed by atoms with Crippen LogP contribution in [0, 0.1) is 6.92 Å². The van der Waals surface area contributed by atoms with Gasteiger partial charge in [0.05, 0.1) is 13.2 Å². The second-order valence-electron chi connectivity index (χ2n) is 10.0. The van der Waals surface area contributed by atoms with Crippen molar-refractivity contribution in [1.82, 2.24) is 15.1 Å². The van der Waals surface area contributed by atoms with Gasteiger partial charge in [-0.1, -0.05) is 77.8 Å². The zero-order valence-electron chi connectivity index (χ0n) is 22.6. The van der Waals surface area contributed by atoms with Gasteiger partial charge in [-0.05, 0) is 53.9 Å². The highest BCUT2D eigenvalue weighted by molar-refractivity contribution is 6.31. The van der Waals surface area contributed by atoms with Crippen LogP contribution >= 0.6 is 11.6 Å². The number of hydrogen-bond acceptors (Lipinski definition) is 5. The molecule has 1 aliphatic heterocycles. The molecule has 0 radical (unpaired) electrons. The first kappa shape index (κ1) is 26.5. The number of H-pyrrole nitrogens is 1. The summed E-state index contributed by atoms with van der Waals surface area (Å²) in [7, 11) is 1.59. The van der Waals surface area contributed by atoms with Crippen LogP contribution in [0.25, 0.3) is 11.3 Å². The second-order valence-corrected chi connectivity index (χ2v) is 10.5. The molecule has 41 heavy (non-hydrogen) atoms. The van der Waals surface area contributed by atoms with Crippen LogP contribution in [0.2, 0.25) is 5.02 Å². The standard InChI is InChI=1S/C33H28ClN3O4/c1-20-8-10-21(11-9-20)18-37-32(23-12-15-27(28(16-23)40-2)41-19-22-6-4-3-5-7-22)29-30(35-36-31(29)33(37)39)25-17-24(34)13-14-26(25)38/h3-17,32,38H,18-19H2,1-2H3,(H,35,36). The molecule has 0 spiro atoms. The smallest absolute Gasteiger partial charge is 0.273 e. The third-order valence-corrected chi connectivity index (χ3v) is 7.53. The van der Waals surface area contributed by atoms with E-state index < -0.39 is 6.04 Å². The molecule has 0 saturated heterocycles. The molecular formula is C33H28ClN3O4. The van der Waals surface area contributed by atoms with Gasteiger partial charge >= 0.3 is 0 Å². The van der Waals surface area contributed by atoms with Crippen LogP contribution in [-0.4, -0.2) is 33.2 Å². The number of hydrogen-bond donors (Lipinski definition) is 2. The van der Waals surface area contributed by atoms with E-state index in [9.17, 15) is 9.90 Å². The number of fused-ring (bicyclic) bond motifs is 1. The summed E-state index contributed by atoms with van der Waals surface area (Å²) in [6.45, 7) is 2.80. The molecule has 1 aliphatic rings. The Morgan fingerprint density at radius 3 is 2.49 bits per heavy atom. The SMILES string of the molecule is COc1cc(C2c3c(-c4cc(Cl)ccc4O)n[nH]c3C(=O)N2Cc2ccc(C)cc2)ccc1OCc1ccccc1. The molecule has 6 rings (SSSR count). The molecule has 4 aromatic carbocycles. The van der Waals surface area contributed by atoms with Gasteiger partial charge in [0.2, 0.25) is 0 Å². The zero-order chi connectivity index (χ0) is 28.5. The van der Waals surface area contributed by atoms with Gasteiger partial charge in [0, 0.05) is 22.7 Å². The number of ether oxygens (including phenoxy) is 2. The number of rotatable bonds is 8. The summed E-state index contributed by atoms with van der Waals surface area (Å²) >= 11 is 6.29. The molecule has 1 amide bonds. The minimum absolute atomic E-state index is 0.0223. The summed E-state index contributed by atoms with van der Waals surface area (Å²) in [5.41, 5.74) is 5.94. The second kappa shape index (κ2) is 11.0. The van der Waals surface area contributed by atoms with Crippen LogP contribution in [-0.2, 0) is 13.2 Å². The summed E-state index contributed by atoms with van der Waals surface area (Å²) in [5.74, 6) is 0.975. The average molecular weight is 566 g/mol. The minimum atomic E-state index is -0.511. The third kappa shape index (κ3) is 5.12. The number of aryl methyl sites for hydroxylation is 1. The van der Waals surface area contributed by atoms with E-state index in [2.05, 4.69) is 10.2 Å². The maximum atomic E-state index is 13.8. The molecule has 2 heterocycles. The highest BCUT2D eigenvalue weighted by atomic mass is 35.5.